The van der Waals surface area contributed by atoms with Gasteiger partial charge in [-0.05, 0) is 36.2 Å². The zero-order chi connectivity index (χ0) is 16.5. The molecule has 0 atom stereocenters. The Hall–Kier alpha value is -3.21. The lowest BCUT2D eigenvalue weighted by Crippen LogP contribution is -2.04. The summed E-state index contributed by atoms with van der Waals surface area (Å²) in [5.41, 5.74) is 5.40. The molecule has 0 aliphatic rings. The Kier molecular flexibility index (Phi) is 3.46. The van der Waals surface area contributed by atoms with Crippen molar-refractivity contribution in [3.05, 3.63) is 77.2 Å². The van der Waals surface area contributed by atoms with Crippen molar-refractivity contribution in [2.24, 2.45) is 0 Å². The molecule has 2 aromatic heterocycles. The van der Waals surface area contributed by atoms with E-state index in [-0.39, 0.29) is 0 Å². The van der Waals surface area contributed by atoms with Gasteiger partial charge in [0, 0.05) is 23.5 Å². The molecule has 2 aromatic carbocycles. The number of para-hydroxylation sites is 1. The van der Waals surface area contributed by atoms with Gasteiger partial charge in [-0.3, -0.25) is 4.79 Å². The molecule has 118 valence electrons. The third kappa shape index (κ3) is 2.40. The van der Waals surface area contributed by atoms with E-state index in [0.29, 0.717) is 12.1 Å². The fraction of sp³-hybridized carbons (Fsp3) is 0.105. The summed E-state index contributed by atoms with van der Waals surface area (Å²) in [6.45, 7) is 2.03. The molecular formula is C19H16N4O. The van der Waals surface area contributed by atoms with Gasteiger partial charge in [-0.1, -0.05) is 35.5 Å². The molecule has 2 heterocycles. The van der Waals surface area contributed by atoms with E-state index >= 15 is 0 Å². The maximum absolute atomic E-state index is 11.4. The molecule has 4 aromatic rings. The molecule has 0 spiro atoms. The molecule has 0 amide bonds. The van der Waals surface area contributed by atoms with Gasteiger partial charge >= 0.3 is 0 Å². The quantitative estimate of drug-likeness (QED) is 0.586. The standard InChI is InChI=1S/C19H16N4O/c1-13-5-4-6-15(9-13)23-19(18(12-24)21-22-23)10-14-11-20-17-8-3-2-7-16(14)17/h2-9,11-12,20H,10H2,1H3. The summed E-state index contributed by atoms with van der Waals surface area (Å²) in [5, 5.41) is 9.36. The summed E-state index contributed by atoms with van der Waals surface area (Å²) in [7, 11) is 0. The van der Waals surface area contributed by atoms with Crippen molar-refractivity contribution in [2.45, 2.75) is 13.3 Å². The van der Waals surface area contributed by atoms with E-state index in [1.54, 1.807) is 4.68 Å². The number of fused-ring (bicyclic) bond motifs is 1. The number of rotatable bonds is 4. The number of aldehydes is 1. The average molecular weight is 316 g/mol. The minimum Gasteiger partial charge on any atom is -0.361 e. The Bertz CT molecular complexity index is 1030. The highest BCUT2D eigenvalue weighted by Gasteiger charge is 2.16. The third-order valence-electron chi connectivity index (χ3n) is 4.18. The second-order valence-electron chi connectivity index (χ2n) is 5.83. The normalized spacial score (nSPS) is 11.0. The van der Waals surface area contributed by atoms with Crippen LogP contribution >= 0.6 is 0 Å². The summed E-state index contributed by atoms with van der Waals surface area (Å²) in [4.78, 5) is 14.7. The number of H-pyrrole nitrogens is 1. The van der Waals surface area contributed by atoms with E-state index in [1.807, 2.05) is 55.6 Å². The molecular weight excluding hydrogens is 300 g/mol. The van der Waals surface area contributed by atoms with E-state index < -0.39 is 0 Å². The van der Waals surface area contributed by atoms with Crippen molar-refractivity contribution >= 4 is 17.2 Å². The highest BCUT2D eigenvalue weighted by Crippen LogP contribution is 2.23. The monoisotopic (exact) mass is 316 g/mol. The highest BCUT2D eigenvalue weighted by atomic mass is 16.1. The summed E-state index contributed by atoms with van der Waals surface area (Å²) in [6, 6.07) is 16.1. The number of nitrogens with one attached hydrogen (secondary N) is 1. The van der Waals surface area contributed by atoms with Crippen LogP contribution in [-0.4, -0.2) is 26.3 Å². The van der Waals surface area contributed by atoms with E-state index in [0.717, 1.165) is 39.7 Å². The summed E-state index contributed by atoms with van der Waals surface area (Å²) < 4.78 is 1.75. The number of hydrogen-bond acceptors (Lipinski definition) is 3. The Labute approximate surface area is 138 Å². The molecule has 5 nitrogen and oxygen atoms in total. The third-order valence-corrected chi connectivity index (χ3v) is 4.18. The van der Waals surface area contributed by atoms with Gasteiger partial charge in [0.05, 0.1) is 11.4 Å². The maximum atomic E-state index is 11.4. The molecule has 0 fully saturated rings. The zero-order valence-corrected chi connectivity index (χ0v) is 13.2. The molecule has 5 heteroatoms. The average Bonchev–Trinajstić information content (AvgIpc) is 3.20. The SMILES string of the molecule is Cc1cccc(-n2nnc(C=O)c2Cc2c[nH]c3ccccc23)c1. The van der Waals surface area contributed by atoms with Crippen molar-refractivity contribution in [3.8, 4) is 5.69 Å². The number of aromatic nitrogens is 4. The Balaban J connectivity index is 1.82. The number of benzene rings is 2. The van der Waals surface area contributed by atoms with Gasteiger partial charge in [-0.25, -0.2) is 4.68 Å². The summed E-state index contributed by atoms with van der Waals surface area (Å²) >= 11 is 0. The lowest BCUT2D eigenvalue weighted by molar-refractivity contribution is 0.111. The van der Waals surface area contributed by atoms with Crippen LogP contribution in [0.5, 0.6) is 0 Å². The number of aryl methyl sites for hydroxylation is 1. The second-order valence-corrected chi connectivity index (χ2v) is 5.83. The van der Waals surface area contributed by atoms with Crippen LogP contribution in [0.15, 0.2) is 54.7 Å². The van der Waals surface area contributed by atoms with Gasteiger partial charge in [0.2, 0.25) is 0 Å². The van der Waals surface area contributed by atoms with Crippen LogP contribution in [0.3, 0.4) is 0 Å². The number of nitrogens with zero attached hydrogens (tertiary/aromatic N) is 3. The minimum absolute atomic E-state index is 0.377. The molecule has 0 unspecified atom stereocenters. The highest BCUT2D eigenvalue weighted by molar-refractivity contribution is 5.84. The van der Waals surface area contributed by atoms with Crippen LogP contribution in [0.2, 0.25) is 0 Å². The van der Waals surface area contributed by atoms with Gasteiger partial charge in [-0.15, -0.1) is 5.10 Å². The first-order valence-electron chi connectivity index (χ1n) is 7.78. The summed E-state index contributed by atoms with van der Waals surface area (Å²) in [6.07, 6.45) is 3.33. The van der Waals surface area contributed by atoms with E-state index in [4.69, 9.17) is 0 Å². The van der Waals surface area contributed by atoms with Crippen LogP contribution in [0.25, 0.3) is 16.6 Å². The molecule has 4 rings (SSSR count). The van der Waals surface area contributed by atoms with Gasteiger partial charge in [0.25, 0.3) is 0 Å². The van der Waals surface area contributed by atoms with Crippen molar-refractivity contribution in [1.82, 2.24) is 20.0 Å². The molecule has 1 N–H and O–H groups in total. The maximum Gasteiger partial charge on any atom is 0.172 e. The molecule has 0 saturated heterocycles. The number of carbonyl (C=O) groups excluding carboxylic acids is 1. The fourth-order valence-corrected chi connectivity index (χ4v) is 3.00. The lowest BCUT2D eigenvalue weighted by atomic mass is 10.1. The van der Waals surface area contributed by atoms with Crippen molar-refractivity contribution in [2.75, 3.05) is 0 Å². The van der Waals surface area contributed by atoms with Crippen LogP contribution < -0.4 is 0 Å². The molecule has 0 saturated carbocycles. The largest absolute Gasteiger partial charge is 0.361 e. The smallest absolute Gasteiger partial charge is 0.172 e. The first-order chi connectivity index (χ1) is 11.8. The lowest BCUT2D eigenvalue weighted by Gasteiger charge is -2.07. The zero-order valence-electron chi connectivity index (χ0n) is 13.2. The first kappa shape index (κ1) is 14.4. The molecule has 0 bridgehead atoms. The summed E-state index contributed by atoms with van der Waals surface area (Å²) in [5.74, 6) is 0. The molecule has 0 aliphatic carbocycles. The van der Waals surface area contributed by atoms with Gasteiger partial charge in [0.15, 0.2) is 6.29 Å². The predicted molar refractivity (Wildman–Crippen MR) is 92.6 cm³/mol. The van der Waals surface area contributed by atoms with Gasteiger partial charge < -0.3 is 4.98 Å². The number of hydrogen-bond donors (Lipinski definition) is 1. The number of carbonyl (C=O) groups is 1. The van der Waals surface area contributed by atoms with E-state index in [1.165, 1.54) is 0 Å². The van der Waals surface area contributed by atoms with Crippen LogP contribution in [0, 0.1) is 6.92 Å². The van der Waals surface area contributed by atoms with Crippen LogP contribution in [0.1, 0.15) is 27.3 Å². The molecule has 0 aliphatic heterocycles. The molecule has 0 radical (unpaired) electrons. The topological polar surface area (TPSA) is 63.6 Å². The molecule has 24 heavy (non-hydrogen) atoms. The van der Waals surface area contributed by atoms with E-state index in [9.17, 15) is 4.79 Å². The van der Waals surface area contributed by atoms with Gasteiger partial charge in [0.1, 0.15) is 5.69 Å². The van der Waals surface area contributed by atoms with Crippen molar-refractivity contribution in [3.63, 3.8) is 0 Å². The minimum atomic E-state index is 0.377. The Morgan fingerprint density at radius 3 is 2.88 bits per heavy atom. The first-order valence-corrected chi connectivity index (χ1v) is 7.78. The number of aromatic amines is 1. The van der Waals surface area contributed by atoms with Crippen molar-refractivity contribution < 1.29 is 4.79 Å². The van der Waals surface area contributed by atoms with Crippen LogP contribution in [-0.2, 0) is 6.42 Å². The Morgan fingerprint density at radius 2 is 2.04 bits per heavy atom. The second kappa shape index (κ2) is 5.77. The Morgan fingerprint density at radius 1 is 1.17 bits per heavy atom. The fourth-order valence-electron chi connectivity index (χ4n) is 3.00. The van der Waals surface area contributed by atoms with E-state index in [2.05, 4.69) is 21.4 Å². The van der Waals surface area contributed by atoms with Crippen LogP contribution in [0.4, 0.5) is 0 Å². The predicted octanol–water partition coefficient (Wildman–Crippen LogP) is 3.46. The van der Waals surface area contributed by atoms with Crippen molar-refractivity contribution in [1.29, 1.82) is 0 Å². The van der Waals surface area contributed by atoms with Gasteiger partial charge in [-0.2, -0.15) is 0 Å².